The minimum absolute atomic E-state index is 0.162. The van der Waals surface area contributed by atoms with Gasteiger partial charge in [0.2, 0.25) is 5.91 Å². The maximum absolute atomic E-state index is 12.0. The van der Waals surface area contributed by atoms with Gasteiger partial charge in [0.25, 0.3) is 0 Å². The highest BCUT2D eigenvalue weighted by Gasteiger charge is 2.24. The molecule has 1 aromatic heterocycles. The lowest BCUT2D eigenvalue weighted by Crippen LogP contribution is -2.32. The fourth-order valence-electron chi connectivity index (χ4n) is 2.21. The van der Waals surface area contributed by atoms with E-state index < -0.39 is 0 Å². The number of carbonyl (C=O) groups is 1. The van der Waals surface area contributed by atoms with Crippen molar-refractivity contribution in [2.45, 2.75) is 31.7 Å². The van der Waals surface area contributed by atoms with Crippen LogP contribution >= 0.6 is 0 Å². The first-order valence-electron chi connectivity index (χ1n) is 6.10. The zero-order valence-electron chi connectivity index (χ0n) is 10.2. The van der Waals surface area contributed by atoms with E-state index in [9.17, 15) is 4.79 Å². The monoisotopic (exact) mass is 233 g/mol. The van der Waals surface area contributed by atoms with Crippen LogP contribution in [0.3, 0.4) is 0 Å². The van der Waals surface area contributed by atoms with Crippen molar-refractivity contribution in [1.29, 1.82) is 0 Å². The van der Waals surface area contributed by atoms with Gasteiger partial charge < -0.3 is 10.6 Å². The second kappa shape index (κ2) is 5.27. The molecule has 2 heterocycles. The van der Waals surface area contributed by atoms with Gasteiger partial charge in [0.15, 0.2) is 0 Å². The molecular formula is C13H19N3O. The van der Waals surface area contributed by atoms with E-state index in [2.05, 4.69) is 11.9 Å². The Kier molecular flexibility index (Phi) is 3.74. The lowest BCUT2D eigenvalue weighted by molar-refractivity contribution is -0.130. The van der Waals surface area contributed by atoms with Gasteiger partial charge in [-0.05, 0) is 30.0 Å². The number of nitrogens with zero attached hydrogens (tertiary/aromatic N) is 2. The summed E-state index contributed by atoms with van der Waals surface area (Å²) in [5.74, 6) is 0.449. The normalized spacial score (nSPS) is 21.5. The molecule has 4 heteroatoms. The third-order valence-electron chi connectivity index (χ3n) is 3.33. The minimum atomic E-state index is 0.162. The number of hydrogen-bond donors (Lipinski definition) is 1. The third-order valence-corrected chi connectivity index (χ3v) is 3.33. The summed E-state index contributed by atoms with van der Waals surface area (Å²) in [6.45, 7) is 3.59. The SMILES string of the molecule is CC(CC(=O)N1CC[C@@H](N)C1)c1ccncc1. The number of carbonyl (C=O) groups excluding carboxylic acids is 1. The number of rotatable bonds is 3. The second-order valence-electron chi connectivity index (χ2n) is 4.77. The quantitative estimate of drug-likeness (QED) is 0.851. The average molecular weight is 233 g/mol. The highest BCUT2D eigenvalue weighted by atomic mass is 16.2. The number of nitrogens with two attached hydrogens (primary N) is 1. The van der Waals surface area contributed by atoms with Crippen LogP contribution < -0.4 is 5.73 Å². The molecule has 2 rings (SSSR count). The molecule has 0 bridgehead atoms. The summed E-state index contributed by atoms with van der Waals surface area (Å²) in [4.78, 5) is 17.9. The maximum atomic E-state index is 12.0. The van der Waals surface area contributed by atoms with Crippen LogP contribution in [0.1, 0.15) is 31.2 Å². The summed E-state index contributed by atoms with van der Waals surface area (Å²) in [7, 11) is 0. The molecule has 1 unspecified atom stereocenters. The molecule has 1 aliphatic rings. The summed E-state index contributed by atoms with van der Waals surface area (Å²) >= 11 is 0. The smallest absolute Gasteiger partial charge is 0.223 e. The topological polar surface area (TPSA) is 59.2 Å². The molecule has 1 aliphatic heterocycles. The molecule has 1 amide bonds. The standard InChI is InChI=1S/C13H19N3O/c1-10(11-2-5-15-6-3-11)8-13(17)16-7-4-12(14)9-16/h2-3,5-6,10,12H,4,7-9,14H2,1H3/t10?,12-/m1/s1. The van der Waals surface area contributed by atoms with Gasteiger partial charge in [-0.1, -0.05) is 6.92 Å². The molecule has 1 fully saturated rings. The van der Waals surface area contributed by atoms with E-state index in [4.69, 9.17) is 5.73 Å². The number of aromatic nitrogens is 1. The van der Waals surface area contributed by atoms with Crippen LogP contribution in [0.4, 0.5) is 0 Å². The van der Waals surface area contributed by atoms with Crippen LogP contribution in [0.15, 0.2) is 24.5 Å². The summed E-state index contributed by atoms with van der Waals surface area (Å²) in [6.07, 6.45) is 5.01. The molecule has 0 aromatic carbocycles. The Labute approximate surface area is 102 Å². The zero-order chi connectivity index (χ0) is 12.3. The molecule has 17 heavy (non-hydrogen) atoms. The number of pyridine rings is 1. The Morgan fingerprint density at radius 1 is 1.59 bits per heavy atom. The van der Waals surface area contributed by atoms with Gasteiger partial charge in [-0.15, -0.1) is 0 Å². The fraction of sp³-hybridized carbons (Fsp3) is 0.538. The predicted molar refractivity (Wildman–Crippen MR) is 66.4 cm³/mol. The third kappa shape index (κ3) is 3.03. The summed E-state index contributed by atoms with van der Waals surface area (Å²) in [6, 6.07) is 4.09. The van der Waals surface area contributed by atoms with Crippen LogP contribution in [-0.2, 0) is 4.79 Å². The molecule has 2 N–H and O–H groups in total. The number of amides is 1. The molecule has 92 valence electrons. The summed E-state index contributed by atoms with van der Waals surface area (Å²) in [5.41, 5.74) is 6.97. The van der Waals surface area contributed by atoms with Crippen molar-refractivity contribution in [2.75, 3.05) is 13.1 Å². The van der Waals surface area contributed by atoms with E-state index in [1.54, 1.807) is 12.4 Å². The van der Waals surface area contributed by atoms with Crippen LogP contribution in [0.5, 0.6) is 0 Å². The van der Waals surface area contributed by atoms with E-state index in [1.807, 2.05) is 17.0 Å². The maximum Gasteiger partial charge on any atom is 0.223 e. The van der Waals surface area contributed by atoms with Crippen LogP contribution in [0, 0.1) is 0 Å². The van der Waals surface area contributed by atoms with Crippen molar-refractivity contribution in [3.05, 3.63) is 30.1 Å². The number of hydrogen-bond acceptors (Lipinski definition) is 3. The molecule has 4 nitrogen and oxygen atoms in total. The Bertz CT molecular complexity index is 380. The first kappa shape index (κ1) is 12.0. The van der Waals surface area contributed by atoms with Crippen molar-refractivity contribution >= 4 is 5.91 Å². The van der Waals surface area contributed by atoms with Crippen molar-refractivity contribution in [2.24, 2.45) is 5.73 Å². The Morgan fingerprint density at radius 3 is 2.88 bits per heavy atom. The highest BCUT2D eigenvalue weighted by molar-refractivity contribution is 5.77. The van der Waals surface area contributed by atoms with E-state index in [0.29, 0.717) is 13.0 Å². The summed E-state index contributed by atoms with van der Waals surface area (Å²) in [5, 5.41) is 0. The van der Waals surface area contributed by atoms with Gasteiger partial charge >= 0.3 is 0 Å². The van der Waals surface area contributed by atoms with Gasteiger partial charge in [-0.2, -0.15) is 0 Å². The lowest BCUT2D eigenvalue weighted by atomic mass is 9.98. The molecule has 1 aromatic rings. The second-order valence-corrected chi connectivity index (χ2v) is 4.77. The van der Waals surface area contributed by atoms with E-state index in [0.717, 1.165) is 18.5 Å². The van der Waals surface area contributed by atoms with Crippen molar-refractivity contribution in [3.8, 4) is 0 Å². The van der Waals surface area contributed by atoms with Gasteiger partial charge in [0.1, 0.15) is 0 Å². The molecule has 0 aliphatic carbocycles. The Morgan fingerprint density at radius 2 is 2.29 bits per heavy atom. The fourth-order valence-corrected chi connectivity index (χ4v) is 2.21. The van der Waals surface area contributed by atoms with E-state index in [-0.39, 0.29) is 17.9 Å². The molecule has 2 atom stereocenters. The molecule has 0 saturated carbocycles. The lowest BCUT2D eigenvalue weighted by Gasteiger charge is -2.18. The zero-order valence-corrected chi connectivity index (χ0v) is 10.2. The van der Waals surface area contributed by atoms with Crippen LogP contribution in [0.2, 0.25) is 0 Å². The summed E-state index contributed by atoms with van der Waals surface area (Å²) < 4.78 is 0. The first-order chi connectivity index (χ1) is 8.16. The van der Waals surface area contributed by atoms with Gasteiger partial charge in [0.05, 0.1) is 0 Å². The first-order valence-corrected chi connectivity index (χ1v) is 6.10. The predicted octanol–water partition coefficient (Wildman–Crippen LogP) is 1.13. The van der Waals surface area contributed by atoms with E-state index >= 15 is 0 Å². The molecule has 0 spiro atoms. The molecular weight excluding hydrogens is 214 g/mol. The van der Waals surface area contributed by atoms with Crippen LogP contribution in [-0.4, -0.2) is 34.9 Å². The number of likely N-dealkylation sites (tertiary alicyclic amines) is 1. The van der Waals surface area contributed by atoms with Gasteiger partial charge in [-0.25, -0.2) is 0 Å². The minimum Gasteiger partial charge on any atom is -0.341 e. The van der Waals surface area contributed by atoms with Crippen molar-refractivity contribution in [1.82, 2.24) is 9.88 Å². The van der Waals surface area contributed by atoms with Crippen molar-refractivity contribution < 1.29 is 4.79 Å². The Balaban J connectivity index is 1.91. The molecule has 1 saturated heterocycles. The van der Waals surface area contributed by atoms with Gasteiger partial charge in [-0.3, -0.25) is 9.78 Å². The van der Waals surface area contributed by atoms with E-state index in [1.165, 1.54) is 0 Å². The average Bonchev–Trinajstić information content (AvgIpc) is 2.77. The largest absolute Gasteiger partial charge is 0.341 e. The molecule has 0 radical (unpaired) electrons. The van der Waals surface area contributed by atoms with Crippen LogP contribution in [0.25, 0.3) is 0 Å². The van der Waals surface area contributed by atoms with Crippen molar-refractivity contribution in [3.63, 3.8) is 0 Å². The Hall–Kier alpha value is -1.42. The highest BCUT2D eigenvalue weighted by Crippen LogP contribution is 2.20. The van der Waals surface area contributed by atoms with Gasteiger partial charge in [0, 0.05) is 37.9 Å².